The van der Waals surface area contributed by atoms with Gasteiger partial charge in [0.15, 0.2) is 0 Å². The summed E-state index contributed by atoms with van der Waals surface area (Å²) in [5.41, 5.74) is 4.91. The Kier molecular flexibility index (Phi) is 4.48. The van der Waals surface area contributed by atoms with Crippen LogP contribution in [0.1, 0.15) is 0 Å². The highest BCUT2D eigenvalue weighted by Gasteiger charge is 2.25. The summed E-state index contributed by atoms with van der Waals surface area (Å²) in [7, 11) is -4.70. The first kappa shape index (κ1) is 12.5. The number of carboxylic acid groups (broad SMARTS) is 1. The minimum absolute atomic E-state index is 0.836. The first-order chi connectivity index (χ1) is 5.74. The highest BCUT2D eigenvalue weighted by molar-refractivity contribution is 7.46. The maximum Gasteiger partial charge on any atom is 0.469 e. The highest BCUT2D eigenvalue weighted by Crippen LogP contribution is 2.35. The van der Waals surface area contributed by atoms with Crippen molar-refractivity contribution in [1.82, 2.24) is 0 Å². The van der Waals surface area contributed by atoms with Gasteiger partial charge in [0.2, 0.25) is 0 Å². The second kappa shape index (κ2) is 4.66. The first-order valence-electron chi connectivity index (χ1n) is 3.10. The lowest BCUT2D eigenvalue weighted by molar-refractivity contribution is -0.141. The van der Waals surface area contributed by atoms with Crippen LogP contribution in [0.2, 0.25) is 0 Å². The third kappa shape index (κ3) is 5.69. The lowest BCUT2D eigenvalue weighted by Gasteiger charge is -2.14. The zero-order valence-electron chi connectivity index (χ0n) is 6.40. The number of phosphoric acid groups is 1. The van der Waals surface area contributed by atoms with E-state index in [2.05, 4.69) is 4.52 Å². The van der Waals surface area contributed by atoms with E-state index in [0.29, 0.717) is 0 Å². The van der Waals surface area contributed by atoms with Crippen molar-refractivity contribution in [1.29, 1.82) is 0 Å². The maximum absolute atomic E-state index is 10.1. The lowest BCUT2D eigenvalue weighted by atomic mass is 10.2. The number of rotatable bonds is 5. The SMILES string of the molecule is NC(C(=O)O)C(O)COP(=O)(O)O. The van der Waals surface area contributed by atoms with Crippen molar-refractivity contribution in [2.75, 3.05) is 6.61 Å². The van der Waals surface area contributed by atoms with Crippen molar-refractivity contribution in [2.24, 2.45) is 5.73 Å². The van der Waals surface area contributed by atoms with Gasteiger partial charge in [-0.3, -0.25) is 9.32 Å². The van der Waals surface area contributed by atoms with E-state index < -0.39 is 32.5 Å². The van der Waals surface area contributed by atoms with E-state index >= 15 is 0 Å². The van der Waals surface area contributed by atoms with Gasteiger partial charge in [0.05, 0.1) is 6.61 Å². The predicted octanol–water partition coefficient (Wildman–Crippen LogP) is -2.13. The van der Waals surface area contributed by atoms with E-state index in [1.165, 1.54) is 0 Å². The third-order valence-electron chi connectivity index (χ3n) is 1.11. The topological polar surface area (TPSA) is 150 Å². The molecule has 0 aromatic carbocycles. The Morgan fingerprint density at radius 1 is 1.54 bits per heavy atom. The van der Waals surface area contributed by atoms with Gasteiger partial charge in [0.1, 0.15) is 12.1 Å². The number of aliphatic carboxylic acids is 1. The average molecular weight is 215 g/mol. The molecular formula is C4H10NO7P. The number of nitrogens with two attached hydrogens (primary N) is 1. The molecule has 0 aliphatic carbocycles. The summed E-state index contributed by atoms with van der Waals surface area (Å²) >= 11 is 0. The standard InChI is InChI=1S/C4H10NO7P/c5-3(4(7)8)2(6)1-12-13(9,10)11/h2-3,6H,1,5H2,(H,7,8)(H2,9,10,11). The third-order valence-corrected chi connectivity index (χ3v) is 1.60. The molecule has 13 heavy (non-hydrogen) atoms. The monoisotopic (exact) mass is 215 g/mol. The summed E-state index contributed by atoms with van der Waals surface area (Å²) in [5.74, 6) is -1.48. The molecule has 8 nitrogen and oxygen atoms in total. The van der Waals surface area contributed by atoms with Crippen molar-refractivity contribution < 1.29 is 33.9 Å². The molecular weight excluding hydrogens is 205 g/mol. The minimum Gasteiger partial charge on any atom is -0.480 e. The highest BCUT2D eigenvalue weighted by atomic mass is 31.2. The summed E-state index contributed by atoms with van der Waals surface area (Å²) in [6, 6.07) is -1.63. The molecule has 0 aliphatic heterocycles. The van der Waals surface area contributed by atoms with Crippen LogP contribution in [0.3, 0.4) is 0 Å². The Morgan fingerprint density at radius 3 is 2.31 bits per heavy atom. The molecule has 0 amide bonds. The molecule has 78 valence electrons. The van der Waals surface area contributed by atoms with Gasteiger partial charge in [-0.1, -0.05) is 0 Å². The molecule has 0 radical (unpaired) electrons. The summed E-state index contributed by atoms with van der Waals surface area (Å²) in [4.78, 5) is 26.5. The molecule has 0 saturated heterocycles. The summed E-state index contributed by atoms with van der Waals surface area (Å²) in [6.45, 7) is -0.836. The molecule has 0 fully saturated rings. The molecule has 0 bridgehead atoms. The zero-order valence-corrected chi connectivity index (χ0v) is 7.29. The lowest BCUT2D eigenvalue weighted by Crippen LogP contribution is -2.44. The summed E-state index contributed by atoms with van der Waals surface area (Å²) < 4.78 is 13.9. The second-order valence-corrected chi connectivity index (χ2v) is 3.46. The quantitative estimate of drug-likeness (QED) is 0.326. The molecule has 0 rings (SSSR count). The van der Waals surface area contributed by atoms with E-state index in [4.69, 9.17) is 25.7 Å². The maximum atomic E-state index is 10.1. The molecule has 2 atom stereocenters. The van der Waals surface area contributed by atoms with Crippen LogP contribution in [-0.4, -0.2) is 44.7 Å². The van der Waals surface area contributed by atoms with Gasteiger partial charge >= 0.3 is 13.8 Å². The fraction of sp³-hybridized carbons (Fsp3) is 0.750. The van der Waals surface area contributed by atoms with Gasteiger partial charge in [-0.15, -0.1) is 0 Å². The smallest absolute Gasteiger partial charge is 0.469 e. The normalized spacial score (nSPS) is 16.6. The molecule has 0 saturated carbocycles. The van der Waals surface area contributed by atoms with E-state index in [9.17, 15) is 9.36 Å². The molecule has 0 spiro atoms. The van der Waals surface area contributed by atoms with Crippen LogP contribution in [0.25, 0.3) is 0 Å². The van der Waals surface area contributed by atoms with Crippen LogP contribution < -0.4 is 5.73 Å². The van der Waals surface area contributed by atoms with Crippen LogP contribution in [0.4, 0.5) is 0 Å². The number of carbonyl (C=O) groups is 1. The molecule has 0 heterocycles. The van der Waals surface area contributed by atoms with Gasteiger partial charge in [-0.05, 0) is 0 Å². The first-order valence-corrected chi connectivity index (χ1v) is 4.63. The predicted molar refractivity (Wildman–Crippen MR) is 39.6 cm³/mol. The molecule has 2 unspecified atom stereocenters. The van der Waals surface area contributed by atoms with Crippen LogP contribution in [0, 0.1) is 0 Å². The van der Waals surface area contributed by atoms with Gasteiger partial charge in [0.25, 0.3) is 0 Å². The van der Waals surface area contributed by atoms with E-state index in [0.717, 1.165) is 0 Å². The van der Waals surface area contributed by atoms with Crippen molar-refractivity contribution in [3.63, 3.8) is 0 Å². The zero-order chi connectivity index (χ0) is 10.6. The van der Waals surface area contributed by atoms with Gasteiger partial charge in [-0.25, -0.2) is 4.57 Å². The van der Waals surface area contributed by atoms with E-state index in [1.54, 1.807) is 0 Å². The van der Waals surface area contributed by atoms with Crippen molar-refractivity contribution >= 4 is 13.8 Å². The van der Waals surface area contributed by atoms with Gasteiger partial charge in [0, 0.05) is 0 Å². The van der Waals surface area contributed by atoms with Crippen molar-refractivity contribution in [3.8, 4) is 0 Å². The van der Waals surface area contributed by atoms with Gasteiger partial charge in [-0.2, -0.15) is 0 Å². The number of carboxylic acids is 1. The fourth-order valence-electron chi connectivity index (χ4n) is 0.442. The van der Waals surface area contributed by atoms with Crippen LogP contribution in [0.15, 0.2) is 0 Å². The molecule has 6 N–H and O–H groups in total. The summed E-state index contributed by atoms with van der Waals surface area (Å²) in [5, 5.41) is 17.1. The molecule has 0 aromatic heterocycles. The van der Waals surface area contributed by atoms with Crippen molar-refractivity contribution in [2.45, 2.75) is 12.1 Å². The summed E-state index contributed by atoms with van der Waals surface area (Å²) in [6.07, 6.45) is -1.66. The Labute approximate surface area is 73.2 Å². The Balaban J connectivity index is 3.95. The van der Waals surface area contributed by atoms with Crippen LogP contribution in [-0.2, 0) is 13.9 Å². The number of aliphatic hydroxyl groups is 1. The largest absolute Gasteiger partial charge is 0.480 e. The second-order valence-electron chi connectivity index (χ2n) is 2.22. The van der Waals surface area contributed by atoms with Crippen molar-refractivity contribution in [3.05, 3.63) is 0 Å². The molecule has 9 heteroatoms. The Bertz CT molecular complexity index is 225. The van der Waals surface area contributed by atoms with E-state index in [-0.39, 0.29) is 0 Å². The minimum atomic E-state index is -4.70. The van der Waals surface area contributed by atoms with E-state index in [1.807, 2.05) is 0 Å². The fourth-order valence-corrected chi connectivity index (χ4v) is 0.789. The van der Waals surface area contributed by atoms with Crippen LogP contribution >= 0.6 is 7.82 Å². The Hall–Kier alpha value is -0.500. The number of phosphoric ester groups is 1. The number of hydrogen-bond acceptors (Lipinski definition) is 5. The van der Waals surface area contributed by atoms with Gasteiger partial charge < -0.3 is 25.7 Å². The average Bonchev–Trinajstić information content (AvgIpc) is 1.97. The molecule has 0 aliphatic rings. The van der Waals surface area contributed by atoms with Crippen LogP contribution in [0.5, 0.6) is 0 Å². The Morgan fingerprint density at radius 2 is 2.00 bits per heavy atom. The number of hydrogen-bond donors (Lipinski definition) is 5. The molecule has 0 aromatic rings. The number of aliphatic hydroxyl groups excluding tert-OH is 1.